The van der Waals surface area contributed by atoms with Gasteiger partial charge in [-0.05, 0) is 38.1 Å². The maximum Gasteiger partial charge on any atom is 0.573 e. The number of nitrogens with two attached hydrogens (primary N) is 1. The Bertz CT molecular complexity index is 553. The Balaban J connectivity index is 2.93. The van der Waals surface area contributed by atoms with Crippen LogP contribution in [0.3, 0.4) is 0 Å². The molecule has 0 fully saturated rings. The largest absolute Gasteiger partial charge is 0.573 e. The van der Waals surface area contributed by atoms with Crippen LogP contribution in [0.2, 0.25) is 0 Å². The summed E-state index contributed by atoms with van der Waals surface area (Å²) in [6, 6.07) is 3.90. The number of ether oxygens (including phenoxy) is 1. The summed E-state index contributed by atoms with van der Waals surface area (Å²) < 4.78 is 65.9. The Kier molecular flexibility index (Phi) is 4.67. The van der Waals surface area contributed by atoms with Crippen molar-refractivity contribution >= 4 is 10.0 Å². The van der Waals surface area contributed by atoms with Crippen LogP contribution in [-0.4, -0.2) is 26.9 Å². The highest BCUT2D eigenvalue weighted by atomic mass is 32.2. The van der Waals surface area contributed by atoms with Crippen molar-refractivity contribution in [3.63, 3.8) is 0 Å². The van der Waals surface area contributed by atoms with E-state index in [1.807, 2.05) is 0 Å². The highest BCUT2D eigenvalue weighted by Crippen LogP contribution is 2.24. The maximum absolute atomic E-state index is 12.0. The van der Waals surface area contributed by atoms with Crippen molar-refractivity contribution in [1.82, 2.24) is 4.72 Å². The molecule has 3 N–H and O–H groups in total. The highest BCUT2D eigenvalue weighted by molar-refractivity contribution is 7.89. The van der Waals surface area contributed by atoms with Crippen LogP contribution in [0.15, 0.2) is 29.2 Å². The van der Waals surface area contributed by atoms with Gasteiger partial charge in [-0.3, -0.25) is 0 Å². The van der Waals surface area contributed by atoms with Gasteiger partial charge in [-0.1, -0.05) is 0 Å². The molecule has 1 aromatic rings. The minimum atomic E-state index is -4.82. The van der Waals surface area contributed by atoms with Crippen molar-refractivity contribution < 1.29 is 26.3 Å². The van der Waals surface area contributed by atoms with Gasteiger partial charge in [0.25, 0.3) is 0 Å². The molecule has 0 atom stereocenters. The number of halogens is 3. The Morgan fingerprint density at radius 2 is 1.70 bits per heavy atom. The van der Waals surface area contributed by atoms with Crippen molar-refractivity contribution in [2.24, 2.45) is 5.73 Å². The van der Waals surface area contributed by atoms with Crippen molar-refractivity contribution in [2.45, 2.75) is 30.6 Å². The first-order valence-electron chi connectivity index (χ1n) is 5.55. The first-order valence-corrected chi connectivity index (χ1v) is 7.03. The van der Waals surface area contributed by atoms with Crippen LogP contribution in [0.25, 0.3) is 0 Å². The molecule has 0 amide bonds. The maximum atomic E-state index is 12.0. The number of nitrogens with one attached hydrogen (secondary N) is 1. The van der Waals surface area contributed by atoms with Gasteiger partial charge < -0.3 is 10.5 Å². The molecule has 0 heterocycles. The van der Waals surface area contributed by atoms with E-state index in [1.165, 1.54) is 0 Å². The van der Waals surface area contributed by atoms with Crippen molar-refractivity contribution in [3.05, 3.63) is 24.3 Å². The second-order valence-corrected chi connectivity index (χ2v) is 6.40. The molecule has 1 aromatic carbocycles. The van der Waals surface area contributed by atoms with Gasteiger partial charge in [0.15, 0.2) is 0 Å². The van der Waals surface area contributed by atoms with Crippen LogP contribution in [0.1, 0.15) is 13.8 Å². The minimum absolute atomic E-state index is 0.0709. The van der Waals surface area contributed by atoms with Gasteiger partial charge in [0.05, 0.1) is 4.90 Å². The van der Waals surface area contributed by atoms with E-state index < -0.39 is 27.7 Å². The van der Waals surface area contributed by atoms with Crippen LogP contribution in [0.4, 0.5) is 13.2 Å². The second-order valence-electron chi connectivity index (χ2n) is 4.71. The third-order valence-electron chi connectivity index (χ3n) is 2.29. The van der Waals surface area contributed by atoms with E-state index in [1.54, 1.807) is 13.8 Å². The molecular formula is C11H15F3N2O3S. The van der Waals surface area contributed by atoms with E-state index in [4.69, 9.17) is 5.73 Å². The third kappa shape index (κ3) is 4.99. The van der Waals surface area contributed by atoms with Gasteiger partial charge in [0.1, 0.15) is 5.75 Å². The summed E-state index contributed by atoms with van der Waals surface area (Å²) in [5, 5.41) is 0. The Hall–Kier alpha value is -1.32. The van der Waals surface area contributed by atoms with Crippen LogP contribution >= 0.6 is 0 Å². The van der Waals surface area contributed by atoms with E-state index in [0.717, 1.165) is 24.3 Å². The number of rotatable bonds is 5. The molecule has 0 aromatic heterocycles. The van der Waals surface area contributed by atoms with Crippen molar-refractivity contribution in [1.29, 1.82) is 0 Å². The Morgan fingerprint density at radius 3 is 2.10 bits per heavy atom. The van der Waals surface area contributed by atoms with E-state index in [9.17, 15) is 21.6 Å². The zero-order chi connectivity index (χ0) is 15.6. The van der Waals surface area contributed by atoms with Gasteiger partial charge in [-0.15, -0.1) is 13.2 Å². The highest BCUT2D eigenvalue weighted by Gasteiger charge is 2.31. The molecule has 0 unspecified atom stereocenters. The predicted octanol–water partition coefficient (Wildman–Crippen LogP) is 1.60. The summed E-state index contributed by atoms with van der Waals surface area (Å²) in [6.45, 7) is 3.25. The molecule has 1 rings (SSSR count). The molecule has 0 aliphatic carbocycles. The first kappa shape index (κ1) is 16.7. The van der Waals surface area contributed by atoms with E-state index in [2.05, 4.69) is 9.46 Å². The molecule has 0 bridgehead atoms. The molecule has 5 nitrogen and oxygen atoms in total. The molecule has 0 spiro atoms. The fourth-order valence-corrected chi connectivity index (χ4v) is 2.71. The SMILES string of the molecule is CC(C)(CN)NS(=O)(=O)c1ccc(OC(F)(F)F)cc1. The molecule has 114 valence electrons. The molecule has 0 saturated carbocycles. The lowest BCUT2D eigenvalue weighted by atomic mass is 10.1. The van der Waals surface area contributed by atoms with Gasteiger partial charge in [-0.25, -0.2) is 13.1 Å². The standard InChI is InChI=1S/C11H15F3N2O3S/c1-10(2,7-15)16-20(17,18)9-5-3-8(4-6-9)19-11(12,13)14/h3-6,16H,7,15H2,1-2H3. The third-order valence-corrected chi connectivity index (χ3v) is 4.00. The molecule has 0 aliphatic rings. The smallest absolute Gasteiger partial charge is 0.406 e. The topological polar surface area (TPSA) is 81.4 Å². The van der Waals surface area contributed by atoms with Gasteiger partial charge >= 0.3 is 6.36 Å². The quantitative estimate of drug-likeness (QED) is 0.865. The van der Waals surface area contributed by atoms with Crippen molar-refractivity contribution in [3.8, 4) is 5.75 Å². The molecular weight excluding hydrogens is 297 g/mol. The number of benzene rings is 1. The second kappa shape index (κ2) is 5.58. The fourth-order valence-electron chi connectivity index (χ4n) is 1.28. The minimum Gasteiger partial charge on any atom is -0.406 e. The number of sulfonamides is 1. The van der Waals surface area contributed by atoms with Crippen molar-refractivity contribution in [2.75, 3.05) is 6.54 Å². The molecule has 9 heteroatoms. The van der Waals surface area contributed by atoms with Gasteiger partial charge in [0.2, 0.25) is 10.0 Å². The molecule has 0 aliphatic heterocycles. The first-order chi connectivity index (χ1) is 8.95. The summed E-state index contributed by atoms with van der Waals surface area (Å²) >= 11 is 0. The van der Waals surface area contributed by atoms with E-state index in [0.29, 0.717) is 0 Å². The van der Waals surface area contributed by atoms with Gasteiger partial charge in [-0.2, -0.15) is 0 Å². The van der Waals surface area contributed by atoms with Gasteiger partial charge in [0, 0.05) is 12.1 Å². The Labute approximate surface area is 115 Å². The average molecular weight is 312 g/mol. The molecule has 0 saturated heterocycles. The lowest BCUT2D eigenvalue weighted by Gasteiger charge is -2.23. The number of alkyl halides is 3. The average Bonchev–Trinajstić information content (AvgIpc) is 2.26. The van der Waals surface area contributed by atoms with Crippen LogP contribution in [-0.2, 0) is 10.0 Å². The summed E-state index contributed by atoms with van der Waals surface area (Å²) in [5.74, 6) is -0.491. The van der Waals surface area contributed by atoms with Crippen LogP contribution < -0.4 is 15.2 Å². The normalized spacial score (nSPS) is 13.3. The summed E-state index contributed by atoms with van der Waals surface area (Å²) in [6.07, 6.45) is -4.82. The monoisotopic (exact) mass is 312 g/mol. The number of hydrogen-bond acceptors (Lipinski definition) is 4. The Morgan fingerprint density at radius 1 is 1.20 bits per heavy atom. The van der Waals surface area contributed by atoms with E-state index in [-0.39, 0.29) is 11.4 Å². The van der Waals surface area contributed by atoms with Crippen LogP contribution in [0, 0.1) is 0 Å². The lowest BCUT2D eigenvalue weighted by molar-refractivity contribution is -0.274. The van der Waals surface area contributed by atoms with E-state index >= 15 is 0 Å². The lowest BCUT2D eigenvalue weighted by Crippen LogP contribution is -2.48. The summed E-state index contributed by atoms with van der Waals surface area (Å²) in [5.41, 5.74) is 4.55. The summed E-state index contributed by atoms with van der Waals surface area (Å²) in [7, 11) is -3.86. The molecule has 20 heavy (non-hydrogen) atoms. The molecule has 0 radical (unpaired) electrons. The predicted molar refractivity (Wildman–Crippen MR) is 66.6 cm³/mol. The van der Waals surface area contributed by atoms with Crippen LogP contribution in [0.5, 0.6) is 5.75 Å². The summed E-state index contributed by atoms with van der Waals surface area (Å²) in [4.78, 5) is -0.173. The zero-order valence-corrected chi connectivity index (χ0v) is 11.7. The fraction of sp³-hybridized carbons (Fsp3) is 0.455. The zero-order valence-electron chi connectivity index (χ0n) is 10.9. The number of hydrogen-bond donors (Lipinski definition) is 2.